The summed E-state index contributed by atoms with van der Waals surface area (Å²) in [6.07, 6.45) is 0. The third kappa shape index (κ3) is 5.18. The second-order valence-corrected chi connectivity index (χ2v) is 3.68. The first-order valence-electron chi connectivity index (χ1n) is 2.97. The molecule has 0 spiro atoms. The van der Waals surface area contributed by atoms with Crippen LogP contribution in [0.4, 0.5) is 0 Å². The van der Waals surface area contributed by atoms with Gasteiger partial charge < -0.3 is 0 Å². The molecule has 0 heterocycles. The van der Waals surface area contributed by atoms with Gasteiger partial charge >= 0.3 is 71.0 Å². The second kappa shape index (κ2) is 3.78. The molecule has 0 N–H and O–H groups in total. The van der Waals surface area contributed by atoms with Crippen molar-refractivity contribution in [2.45, 2.75) is 19.4 Å². The first-order valence-corrected chi connectivity index (χ1v) is 4.14. The van der Waals surface area contributed by atoms with Crippen LogP contribution in [0.15, 0.2) is 0 Å². The van der Waals surface area contributed by atoms with Crippen molar-refractivity contribution in [2.24, 2.45) is 0 Å². The van der Waals surface area contributed by atoms with E-state index in [1.165, 1.54) is 0 Å². The Hall–Kier alpha value is 0.719. The molecule has 0 aliphatic heterocycles. The number of nitrogens with zero attached hydrogens (tertiary/aromatic N) is 1. The zero-order chi connectivity index (χ0) is 7.49. The fraction of sp³-hybridized carbons (Fsp3) is 1.00. The van der Waals surface area contributed by atoms with E-state index >= 15 is 0 Å². The van der Waals surface area contributed by atoms with Gasteiger partial charge in [0.05, 0.1) is 0 Å². The second-order valence-electron chi connectivity index (χ2n) is 3.10. The van der Waals surface area contributed by atoms with Gasteiger partial charge in [-0.2, -0.15) is 0 Å². The maximum absolute atomic E-state index is 5.30. The van der Waals surface area contributed by atoms with Gasteiger partial charge in [-0.25, -0.2) is 0 Å². The molecule has 9 heavy (non-hydrogen) atoms. The Bertz CT molecular complexity index is 83.1. The molecule has 0 aromatic heterocycles. The third-order valence-corrected chi connectivity index (χ3v) is 2.55. The quantitative estimate of drug-likeness (QED) is 0.657. The predicted octanol–water partition coefficient (Wildman–Crippen LogP) is 0.427. The molecule has 2 radical (unpaired) electrons. The minimum atomic E-state index is 0.0296. The van der Waals surface area contributed by atoms with Gasteiger partial charge in [0.15, 0.2) is 0 Å². The Morgan fingerprint density at radius 3 is 2.00 bits per heavy atom. The number of hydrogen-bond donors (Lipinski definition) is 0. The van der Waals surface area contributed by atoms with Gasteiger partial charge in [-0.05, 0) is 0 Å². The van der Waals surface area contributed by atoms with Gasteiger partial charge in [0.2, 0.25) is 0 Å². The van der Waals surface area contributed by atoms with Crippen molar-refractivity contribution in [3.63, 3.8) is 0 Å². The van der Waals surface area contributed by atoms with Crippen molar-refractivity contribution >= 4 is 22.9 Å². The molecule has 52 valence electrons. The molecule has 0 aliphatic rings. The van der Waals surface area contributed by atoms with Crippen molar-refractivity contribution in [3.05, 3.63) is 0 Å². The SMILES string of the molecule is CN(C)CC(C)(C)[O][Sn+]. The minimum absolute atomic E-state index is 0.0296. The van der Waals surface area contributed by atoms with E-state index in [9.17, 15) is 0 Å². The van der Waals surface area contributed by atoms with Crippen LogP contribution in [0, 0.1) is 0 Å². The van der Waals surface area contributed by atoms with Gasteiger partial charge in [-0.15, -0.1) is 0 Å². The summed E-state index contributed by atoms with van der Waals surface area (Å²) in [6, 6.07) is 0. The standard InChI is InChI=1S/C6H14NO.Sn/c1-6(2,8)5-7(3)4;/h5H2,1-4H3;/q-1;+2. The Balaban J connectivity index is 3.58. The average molecular weight is 235 g/mol. The normalized spacial score (nSPS) is 12.6. The number of likely N-dealkylation sites (N-methyl/N-ethyl adjacent to an activating group) is 1. The molecule has 0 rings (SSSR count). The Morgan fingerprint density at radius 1 is 1.44 bits per heavy atom. The molecule has 0 aromatic carbocycles. The zero-order valence-corrected chi connectivity index (χ0v) is 9.42. The van der Waals surface area contributed by atoms with E-state index in [1.54, 1.807) is 0 Å². The Morgan fingerprint density at radius 2 is 1.89 bits per heavy atom. The maximum atomic E-state index is 5.30. The van der Waals surface area contributed by atoms with Crippen molar-refractivity contribution < 1.29 is 3.07 Å². The van der Waals surface area contributed by atoms with Gasteiger partial charge in [0.1, 0.15) is 0 Å². The van der Waals surface area contributed by atoms with E-state index in [0.717, 1.165) is 29.5 Å². The van der Waals surface area contributed by atoms with Crippen LogP contribution in [0.3, 0.4) is 0 Å². The fourth-order valence-electron chi connectivity index (χ4n) is 0.794. The molecule has 0 saturated carbocycles. The van der Waals surface area contributed by atoms with E-state index < -0.39 is 0 Å². The molecule has 0 bridgehead atoms. The third-order valence-electron chi connectivity index (χ3n) is 0.973. The summed E-state index contributed by atoms with van der Waals surface area (Å²) in [5.41, 5.74) is 0.0296. The number of hydrogen-bond acceptors (Lipinski definition) is 2. The first kappa shape index (κ1) is 9.72. The van der Waals surface area contributed by atoms with Crippen molar-refractivity contribution in [3.8, 4) is 0 Å². The summed E-state index contributed by atoms with van der Waals surface area (Å²) in [6.45, 7) is 5.18. The number of rotatable bonds is 3. The summed E-state index contributed by atoms with van der Waals surface area (Å²) in [5, 5.41) is 0. The molecule has 0 saturated heterocycles. The Kier molecular flexibility index (Phi) is 4.08. The summed E-state index contributed by atoms with van der Waals surface area (Å²) in [5.74, 6) is 0. The van der Waals surface area contributed by atoms with Crippen molar-refractivity contribution in [2.75, 3.05) is 20.6 Å². The van der Waals surface area contributed by atoms with Crippen LogP contribution in [0.5, 0.6) is 0 Å². The van der Waals surface area contributed by atoms with Crippen LogP contribution in [-0.4, -0.2) is 54.1 Å². The van der Waals surface area contributed by atoms with Crippen molar-refractivity contribution in [1.82, 2.24) is 4.90 Å². The van der Waals surface area contributed by atoms with Crippen LogP contribution >= 0.6 is 0 Å². The van der Waals surface area contributed by atoms with Crippen LogP contribution in [0.2, 0.25) is 0 Å². The topological polar surface area (TPSA) is 12.5 Å². The molecule has 0 atom stereocenters. The van der Waals surface area contributed by atoms with Gasteiger partial charge in [-0.1, -0.05) is 0 Å². The van der Waals surface area contributed by atoms with E-state index in [0.29, 0.717) is 0 Å². The van der Waals surface area contributed by atoms with Gasteiger partial charge in [-0.3, -0.25) is 0 Å². The van der Waals surface area contributed by atoms with E-state index in [1.807, 2.05) is 0 Å². The summed E-state index contributed by atoms with van der Waals surface area (Å²) >= 11 is 1.15. The van der Waals surface area contributed by atoms with Crippen molar-refractivity contribution in [1.29, 1.82) is 0 Å². The van der Waals surface area contributed by atoms with Crippen LogP contribution in [0.1, 0.15) is 13.8 Å². The molecular weight excluding hydrogens is 221 g/mol. The van der Waals surface area contributed by atoms with Crippen LogP contribution in [-0.2, 0) is 3.07 Å². The molecule has 0 amide bonds. The van der Waals surface area contributed by atoms with E-state index in [2.05, 4.69) is 32.8 Å². The molecule has 3 heteroatoms. The van der Waals surface area contributed by atoms with E-state index in [4.69, 9.17) is 3.07 Å². The summed E-state index contributed by atoms with van der Waals surface area (Å²) < 4.78 is 5.30. The molecule has 2 nitrogen and oxygen atoms in total. The molecule has 0 aliphatic carbocycles. The predicted molar refractivity (Wildman–Crippen MR) is 39.5 cm³/mol. The molecular formula is C6H14NOSn+. The molecule has 0 unspecified atom stereocenters. The van der Waals surface area contributed by atoms with Crippen LogP contribution in [0.25, 0.3) is 0 Å². The fourth-order valence-corrected chi connectivity index (χ4v) is 0.978. The average Bonchev–Trinajstić information content (AvgIpc) is 1.63. The summed E-state index contributed by atoms with van der Waals surface area (Å²) in [4.78, 5) is 2.13. The first-order chi connectivity index (χ1) is 3.98. The van der Waals surface area contributed by atoms with Crippen LogP contribution < -0.4 is 0 Å². The van der Waals surface area contributed by atoms with Gasteiger partial charge in [0.25, 0.3) is 0 Å². The Labute approximate surface area is 71.2 Å². The van der Waals surface area contributed by atoms with Gasteiger partial charge in [0, 0.05) is 0 Å². The summed E-state index contributed by atoms with van der Waals surface area (Å²) in [7, 11) is 4.10. The molecule has 0 fully saturated rings. The monoisotopic (exact) mass is 236 g/mol. The molecule has 0 aromatic rings. The van der Waals surface area contributed by atoms with E-state index in [-0.39, 0.29) is 5.60 Å². The zero-order valence-electron chi connectivity index (χ0n) is 6.56.